The van der Waals surface area contributed by atoms with Crippen LogP contribution in [-0.4, -0.2) is 23.5 Å². The first kappa shape index (κ1) is 10.6. The minimum absolute atomic E-state index is 0.407. The molecule has 0 rings (SSSR count). The number of alkyl halides is 1. The highest BCUT2D eigenvalue weighted by Gasteiger charge is 2.12. The van der Waals surface area contributed by atoms with Gasteiger partial charge in [0.1, 0.15) is 0 Å². The van der Waals surface area contributed by atoms with Gasteiger partial charge in [0.05, 0.1) is 6.10 Å². The molecule has 0 aromatic rings. The molecular weight excluding hydrogens is 271 g/mol. The third-order valence-corrected chi connectivity index (χ3v) is 2.38. The van der Waals surface area contributed by atoms with Crippen LogP contribution in [0.2, 0.25) is 0 Å². The van der Waals surface area contributed by atoms with E-state index in [0.717, 1.165) is 0 Å². The molecule has 4 nitrogen and oxygen atoms in total. The predicted molar refractivity (Wildman–Crippen MR) is 45.6 cm³/mol. The van der Waals surface area contributed by atoms with E-state index in [2.05, 4.69) is 4.18 Å². The molecular formula is C4H9IO4S. The summed E-state index contributed by atoms with van der Waals surface area (Å²) in [6.45, 7) is 1.79. The smallest absolute Gasteiger partial charge is 0.264 e. The van der Waals surface area contributed by atoms with Crippen molar-refractivity contribution in [1.82, 2.24) is 0 Å². The third-order valence-electron chi connectivity index (χ3n) is 0.885. The van der Waals surface area contributed by atoms with Crippen LogP contribution in [0.15, 0.2) is 0 Å². The second-order valence-electron chi connectivity index (χ2n) is 1.71. The van der Waals surface area contributed by atoms with Crippen LogP contribution in [0.4, 0.5) is 0 Å². The van der Waals surface area contributed by atoms with E-state index in [0.29, 0.717) is 10.8 Å². The van der Waals surface area contributed by atoms with E-state index >= 15 is 0 Å². The first-order valence-electron chi connectivity index (χ1n) is 2.71. The van der Waals surface area contributed by atoms with Gasteiger partial charge in [0.15, 0.2) is 0 Å². The monoisotopic (exact) mass is 280 g/mol. The summed E-state index contributed by atoms with van der Waals surface area (Å²) < 4.78 is 33.2. The van der Waals surface area contributed by atoms with Crippen molar-refractivity contribution in [3.05, 3.63) is 0 Å². The minimum atomic E-state index is -4.25. The van der Waals surface area contributed by atoms with E-state index in [4.69, 9.17) is 4.55 Å². The molecule has 0 aromatic carbocycles. The Labute approximate surface area is 74.0 Å². The molecule has 0 saturated carbocycles. The average molecular weight is 280 g/mol. The molecule has 0 amide bonds. The quantitative estimate of drug-likeness (QED) is 0.474. The van der Waals surface area contributed by atoms with Gasteiger partial charge in [-0.2, -0.15) is 8.42 Å². The van der Waals surface area contributed by atoms with Crippen molar-refractivity contribution in [1.29, 1.82) is 0 Å². The zero-order valence-electron chi connectivity index (χ0n) is 5.45. The van der Waals surface area contributed by atoms with Gasteiger partial charge in [-0.3, -0.25) is 4.55 Å². The van der Waals surface area contributed by atoms with Gasteiger partial charge in [-0.1, -0.05) is 29.5 Å². The van der Waals surface area contributed by atoms with Gasteiger partial charge < -0.3 is 0 Å². The fraction of sp³-hybridized carbons (Fsp3) is 1.00. The molecule has 1 atom stereocenters. The summed E-state index contributed by atoms with van der Waals surface area (Å²) >= 11 is 1.99. The van der Waals surface area contributed by atoms with E-state index in [1.165, 1.54) is 0 Å². The molecule has 1 N–H and O–H groups in total. The van der Waals surface area contributed by atoms with Crippen molar-refractivity contribution in [2.45, 2.75) is 19.4 Å². The van der Waals surface area contributed by atoms with E-state index in [9.17, 15) is 8.42 Å². The number of halogens is 1. The molecule has 10 heavy (non-hydrogen) atoms. The maximum Gasteiger partial charge on any atom is 0.397 e. The van der Waals surface area contributed by atoms with Gasteiger partial charge in [-0.05, 0) is 6.42 Å². The molecule has 0 aliphatic heterocycles. The van der Waals surface area contributed by atoms with Crippen LogP contribution >= 0.6 is 22.6 Å². The molecule has 6 heteroatoms. The lowest BCUT2D eigenvalue weighted by molar-refractivity contribution is 0.200. The van der Waals surface area contributed by atoms with Crippen molar-refractivity contribution in [2.75, 3.05) is 4.43 Å². The van der Waals surface area contributed by atoms with Crippen molar-refractivity contribution >= 4 is 33.0 Å². The van der Waals surface area contributed by atoms with E-state index < -0.39 is 16.5 Å². The molecule has 0 spiro atoms. The van der Waals surface area contributed by atoms with Gasteiger partial charge >= 0.3 is 10.4 Å². The van der Waals surface area contributed by atoms with E-state index in [-0.39, 0.29) is 0 Å². The number of hydrogen-bond donors (Lipinski definition) is 1. The van der Waals surface area contributed by atoms with Crippen molar-refractivity contribution in [3.8, 4) is 0 Å². The number of rotatable bonds is 4. The largest absolute Gasteiger partial charge is 0.397 e. The van der Waals surface area contributed by atoms with Crippen molar-refractivity contribution in [3.63, 3.8) is 0 Å². The minimum Gasteiger partial charge on any atom is -0.264 e. The lowest BCUT2D eigenvalue weighted by Crippen LogP contribution is -2.17. The summed E-state index contributed by atoms with van der Waals surface area (Å²) in [6.07, 6.45) is 0.165. The lowest BCUT2D eigenvalue weighted by Gasteiger charge is -2.07. The second-order valence-corrected chi connectivity index (χ2v) is 3.64. The first-order valence-corrected chi connectivity index (χ1v) is 5.60. The van der Waals surface area contributed by atoms with Crippen LogP contribution in [0.3, 0.4) is 0 Å². The van der Waals surface area contributed by atoms with Gasteiger partial charge in [-0.25, -0.2) is 4.18 Å². The highest BCUT2D eigenvalue weighted by atomic mass is 127. The molecule has 0 radical (unpaired) electrons. The Morgan fingerprint density at radius 1 is 1.70 bits per heavy atom. The topological polar surface area (TPSA) is 63.6 Å². The van der Waals surface area contributed by atoms with Gasteiger partial charge in [0, 0.05) is 4.43 Å². The number of hydrogen-bond acceptors (Lipinski definition) is 3. The maximum atomic E-state index is 10.1. The van der Waals surface area contributed by atoms with Crippen LogP contribution < -0.4 is 0 Å². The van der Waals surface area contributed by atoms with E-state index in [1.54, 1.807) is 6.92 Å². The summed E-state index contributed by atoms with van der Waals surface area (Å²) in [5.74, 6) is 0. The van der Waals surface area contributed by atoms with E-state index in [1.807, 2.05) is 22.6 Å². The standard InChI is InChI=1S/C4H9IO4S/c1-2-4(3-5)9-10(6,7)8/h4H,2-3H2,1H3,(H,6,7,8). The summed E-state index contributed by atoms with van der Waals surface area (Å²) in [5, 5.41) is 0. The molecule has 0 heterocycles. The Balaban J connectivity index is 3.87. The molecule has 1 unspecified atom stereocenters. The SMILES string of the molecule is CCC(CI)OS(=O)(=O)O. The van der Waals surface area contributed by atoms with Crippen molar-refractivity contribution < 1.29 is 17.2 Å². The molecule has 0 saturated heterocycles. The Bertz CT molecular complexity index is 172. The fourth-order valence-electron chi connectivity index (χ4n) is 0.375. The van der Waals surface area contributed by atoms with Crippen LogP contribution in [0, 0.1) is 0 Å². The molecule has 0 aromatic heterocycles. The maximum absolute atomic E-state index is 10.1. The normalized spacial score (nSPS) is 15.1. The molecule has 62 valence electrons. The summed E-state index contributed by atoms with van der Waals surface area (Å²) in [6, 6.07) is 0. The molecule has 0 aliphatic carbocycles. The molecule has 0 fully saturated rings. The van der Waals surface area contributed by atoms with Crippen LogP contribution in [0.25, 0.3) is 0 Å². The lowest BCUT2D eigenvalue weighted by atomic mass is 10.3. The third kappa shape index (κ3) is 5.39. The van der Waals surface area contributed by atoms with Gasteiger partial charge in [0.25, 0.3) is 0 Å². The second kappa shape index (κ2) is 4.47. The average Bonchev–Trinajstić information content (AvgIpc) is 1.81. The Morgan fingerprint density at radius 3 is 2.30 bits per heavy atom. The van der Waals surface area contributed by atoms with Crippen LogP contribution in [0.5, 0.6) is 0 Å². The Kier molecular flexibility index (Phi) is 4.74. The Morgan fingerprint density at radius 2 is 2.20 bits per heavy atom. The molecule has 0 aliphatic rings. The molecule has 0 bridgehead atoms. The van der Waals surface area contributed by atoms with Gasteiger partial charge in [-0.15, -0.1) is 0 Å². The van der Waals surface area contributed by atoms with Crippen LogP contribution in [0.1, 0.15) is 13.3 Å². The zero-order chi connectivity index (χ0) is 8.20. The first-order chi connectivity index (χ1) is 4.49. The summed E-state index contributed by atoms with van der Waals surface area (Å²) in [5.41, 5.74) is 0. The Hall–Kier alpha value is 0.600. The summed E-state index contributed by atoms with van der Waals surface area (Å²) in [7, 11) is -4.25. The highest BCUT2D eigenvalue weighted by Crippen LogP contribution is 2.05. The van der Waals surface area contributed by atoms with Crippen LogP contribution in [-0.2, 0) is 14.6 Å². The van der Waals surface area contributed by atoms with Gasteiger partial charge in [0.2, 0.25) is 0 Å². The predicted octanol–water partition coefficient (Wildman–Crippen LogP) is 1.02. The highest BCUT2D eigenvalue weighted by molar-refractivity contribution is 14.1. The fourth-order valence-corrected chi connectivity index (χ4v) is 1.97. The summed E-state index contributed by atoms with van der Waals surface area (Å²) in [4.78, 5) is 0. The zero-order valence-corrected chi connectivity index (χ0v) is 8.42. The van der Waals surface area contributed by atoms with Crippen molar-refractivity contribution in [2.24, 2.45) is 0 Å².